The molecular weight excluding hydrogens is 348 g/mol. The molecule has 0 spiro atoms. The Balaban J connectivity index is 1.68. The largest absolute Gasteiger partial charge is 0.475 e. The van der Waals surface area contributed by atoms with Crippen LogP contribution in [0.3, 0.4) is 0 Å². The molecule has 1 amide bonds. The maximum Gasteiger partial charge on any atom is 0.371 e. The number of amides is 1. The Bertz CT molecular complexity index is 780. The van der Waals surface area contributed by atoms with E-state index in [1.54, 1.807) is 0 Å². The molecule has 25 heavy (non-hydrogen) atoms. The first kappa shape index (κ1) is 17.9. The van der Waals surface area contributed by atoms with Crippen LogP contribution in [0.4, 0.5) is 0 Å². The van der Waals surface area contributed by atoms with Crippen LogP contribution in [0, 0.1) is 5.41 Å². The van der Waals surface area contributed by atoms with Crippen molar-refractivity contribution in [3.8, 4) is 0 Å². The molecule has 1 atom stereocenters. The molecule has 1 saturated carbocycles. The van der Waals surface area contributed by atoms with Crippen molar-refractivity contribution in [3.05, 3.63) is 17.9 Å². The first-order valence-electron chi connectivity index (χ1n) is 8.36. The molecule has 1 unspecified atom stereocenters. The van der Waals surface area contributed by atoms with Gasteiger partial charge in [0, 0.05) is 13.1 Å². The number of aromatic carboxylic acids is 1. The average Bonchev–Trinajstić information content (AvgIpc) is 3.03. The monoisotopic (exact) mass is 370 g/mol. The minimum Gasteiger partial charge on any atom is -0.475 e. The van der Waals surface area contributed by atoms with Crippen molar-refractivity contribution >= 4 is 21.9 Å². The average molecular weight is 370 g/mol. The maximum absolute atomic E-state index is 12.7. The van der Waals surface area contributed by atoms with E-state index in [2.05, 4.69) is 12.2 Å². The van der Waals surface area contributed by atoms with E-state index < -0.39 is 32.9 Å². The van der Waals surface area contributed by atoms with Gasteiger partial charge in [-0.25, -0.2) is 13.2 Å². The molecule has 0 radical (unpaired) electrons. The second-order valence-electron chi connectivity index (χ2n) is 7.05. The van der Waals surface area contributed by atoms with Crippen molar-refractivity contribution in [3.63, 3.8) is 0 Å². The third-order valence-electron chi connectivity index (χ3n) is 4.99. The predicted octanol–water partition coefficient (Wildman–Crippen LogP) is 1.44. The zero-order valence-electron chi connectivity index (χ0n) is 14.0. The van der Waals surface area contributed by atoms with Crippen molar-refractivity contribution in [2.75, 3.05) is 13.1 Å². The lowest BCUT2D eigenvalue weighted by atomic mass is 10.1. The van der Waals surface area contributed by atoms with Gasteiger partial charge in [0.25, 0.3) is 10.0 Å². The SMILES string of the molecule is CC1(CCNC(=O)C2CCCN2S(=O)(=O)c2ccc(C(=O)O)o2)CC1. The summed E-state index contributed by atoms with van der Waals surface area (Å²) in [6, 6.07) is 1.42. The number of carbonyl (C=O) groups excluding carboxylic acids is 1. The smallest absolute Gasteiger partial charge is 0.371 e. The van der Waals surface area contributed by atoms with Crippen LogP contribution < -0.4 is 5.32 Å². The molecule has 9 heteroatoms. The van der Waals surface area contributed by atoms with Crippen molar-refractivity contribution < 1.29 is 27.5 Å². The zero-order chi connectivity index (χ0) is 18.2. The lowest BCUT2D eigenvalue weighted by molar-refractivity contribution is -0.124. The number of hydrogen-bond donors (Lipinski definition) is 2. The lowest BCUT2D eigenvalue weighted by Crippen LogP contribution is -2.46. The molecule has 1 aliphatic heterocycles. The number of sulfonamides is 1. The molecular formula is C16H22N2O6S. The molecule has 0 bridgehead atoms. The highest BCUT2D eigenvalue weighted by Gasteiger charge is 2.41. The first-order valence-corrected chi connectivity index (χ1v) is 9.80. The van der Waals surface area contributed by atoms with Crippen LogP contribution >= 0.6 is 0 Å². The Hall–Kier alpha value is -1.87. The van der Waals surface area contributed by atoms with E-state index in [0.29, 0.717) is 24.8 Å². The zero-order valence-corrected chi connectivity index (χ0v) is 14.8. The molecule has 2 aliphatic rings. The minimum absolute atomic E-state index is 0.210. The van der Waals surface area contributed by atoms with E-state index >= 15 is 0 Å². The fraction of sp³-hybridized carbons (Fsp3) is 0.625. The van der Waals surface area contributed by atoms with E-state index in [-0.39, 0.29) is 12.5 Å². The van der Waals surface area contributed by atoms with Crippen molar-refractivity contribution in [1.82, 2.24) is 9.62 Å². The van der Waals surface area contributed by atoms with Crippen LogP contribution in [0.5, 0.6) is 0 Å². The van der Waals surface area contributed by atoms with Crippen LogP contribution in [0.25, 0.3) is 0 Å². The van der Waals surface area contributed by atoms with Crippen molar-refractivity contribution in [2.24, 2.45) is 5.41 Å². The first-order chi connectivity index (χ1) is 11.7. The van der Waals surface area contributed by atoms with E-state index in [4.69, 9.17) is 9.52 Å². The van der Waals surface area contributed by atoms with E-state index in [1.165, 1.54) is 0 Å². The summed E-state index contributed by atoms with van der Waals surface area (Å²) in [5.74, 6) is -2.10. The van der Waals surface area contributed by atoms with Gasteiger partial charge < -0.3 is 14.8 Å². The van der Waals surface area contributed by atoms with Crippen LogP contribution in [0.2, 0.25) is 0 Å². The van der Waals surface area contributed by atoms with Gasteiger partial charge in [-0.2, -0.15) is 4.31 Å². The molecule has 8 nitrogen and oxygen atoms in total. The molecule has 2 fully saturated rings. The van der Waals surface area contributed by atoms with Gasteiger partial charge in [0.2, 0.25) is 16.8 Å². The van der Waals surface area contributed by atoms with Gasteiger partial charge in [0.05, 0.1) is 0 Å². The number of furan rings is 1. The predicted molar refractivity (Wildman–Crippen MR) is 87.5 cm³/mol. The maximum atomic E-state index is 12.7. The summed E-state index contributed by atoms with van der Waals surface area (Å²) < 4.78 is 31.4. The molecule has 1 aromatic rings. The Kier molecular flexibility index (Phi) is 4.63. The van der Waals surface area contributed by atoms with Crippen molar-refractivity contribution in [2.45, 2.75) is 50.2 Å². The van der Waals surface area contributed by atoms with Gasteiger partial charge in [-0.1, -0.05) is 6.92 Å². The highest BCUT2D eigenvalue weighted by Crippen LogP contribution is 2.47. The summed E-state index contributed by atoms with van der Waals surface area (Å²) >= 11 is 0. The van der Waals surface area contributed by atoms with Gasteiger partial charge in [-0.15, -0.1) is 0 Å². The third-order valence-corrected chi connectivity index (χ3v) is 6.78. The van der Waals surface area contributed by atoms with Gasteiger partial charge >= 0.3 is 5.97 Å². The Labute approximate surface area is 146 Å². The molecule has 2 N–H and O–H groups in total. The summed E-state index contributed by atoms with van der Waals surface area (Å²) in [7, 11) is -4.04. The summed E-state index contributed by atoms with van der Waals surface area (Å²) in [5.41, 5.74) is 0.316. The van der Waals surface area contributed by atoms with E-state index in [9.17, 15) is 18.0 Å². The van der Waals surface area contributed by atoms with Gasteiger partial charge in [-0.05, 0) is 49.7 Å². The van der Waals surface area contributed by atoms with E-state index in [1.807, 2.05) is 0 Å². The van der Waals surface area contributed by atoms with Crippen molar-refractivity contribution in [1.29, 1.82) is 0 Å². The minimum atomic E-state index is -4.04. The Morgan fingerprint density at radius 2 is 2.12 bits per heavy atom. The second kappa shape index (κ2) is 6.45. The van der Waals surface area contributed by atoms with Gasteiger partial charge in [-0.3, -0.25) is 4.79 Å². The summed E-state index contributed by atoms with van der Waals surface area (Å²) in [5, 5.41) is 11.3. The second-order valence-corrected chi connectivity index (χ2v) is 8.87. The topological polar surface area (TPSA) is 117 Å². The standard InChI is InChI=1S/C16H22N2O6S/c1-16(6-7-16)8-9-17-14(19)11-3-2-10-18(11)25(22,23)13-5-4-12(24-13)15(20)21/h4-5,11H,2-3,6-10H2,1H3,(H,17,19)(H,20,21). The molecule has 1 aliphatic carbocycles. The number of carboxylic acids is 1. The number of carbonyl (C=O) groups is 2. The van der Waals surface area contributed by atoms with Gasteiger partial charge in [0.1, 0.15) is 6.04 Å². The van der Waals surface area contributed by atoms with E-state index in [0.717, 1.165) is 35.7 Å². The summed E-state index contributed by atoms with van der Waals surface area (Å²) in [4.78, 5) is 23.3. The van der Waals surface area contributed by atoms with Crippen LogP contribution in [0.15, 0.2) is 21.6 Å². The number of carboxylic acid groups (broad SMARTS) is 1. The fourth-order valence-electron chi connectivity index (χ4n) is 3.05. The Morgan fingerprint density at radius 3 is 2.72 bits per heavy atom. The van der Waals surface area contributed by atoms with Crippen LogP contribution in [-0.4, -0.2) is 48.8 Å². The Morgan fingerprint density at radius 1 is 1.40 bits per heavy atom. The molecule has 0 aromatic carbocycles. The molecule has 3 rings (SSSR count). The quantitative estimate of drug-likeness (QED) is 0.750. The van der Waals surface area contributed by atoms with Crippen LogP contribution in [-0.2, 0) is 14.8 Å². The number of rotatable bonds is 7. The fourth-order valence-corrected chi connectivity index (χ4v) is 4.62. The van der Waals surface area contributed by atoms with Gasteiger partial charge in [0.15, 0.2) is 0 Å². The number of hydrogen-bond acceptors (Lipinski definition) is 5. The summed E-state index contributed by atoms with van der Waals surface area (Å²) in [6.45, 7) is 2.91. The highest BCUT2D eigenvalue weighted by atomic mass is 32.2. The lowest BCUT2D eigenvalue weighted by Gasteiger charge is -2.22. The molecule has 1 aromatic heterocycles. The third kappa shape index (κ3) is 3.72. The molecule has 2 heterocycles. The number of nitrogens with one attached hydrogen (secondary N) is 1. The molecule has 138 valence electrons. The normalized spacial score (nSPS) is 22.7. The molecule has 1 saturated heterocycles. The van der Waals surface area contributed by atoms with Crippen LogP contribution in [0.1, 0.15) is 49.6 Å². The summed E-state index contributed by atoms with van der Waals surface area (Å²) in [6.07, 6.45) is 4.23. The highest BCUT2D eigenvalue weighted by molar-refractivity contribution is 7.89. The number of nitrogens with zero attached hydrogens (tertiary/aromatic N) is 1.